The van der Waals surface area contributed by atoms with Gasteiger partial charge in [0.2, 0.25) is 5.91 Å². The number of rotatable bonds is 4. The van der Waals surface area contributed by atoms with Gasteiger partial charge in [0, 0.05) is 19.6 Å². The van der Waals surface area contributed by atoms with Crippen molar-refractivity contribution in [3.8, 4) is 0 Å². The zero-order chi connectivity index (χ0) is 13.8. The van der Waals surface area contributed by atoms with Crippen LogP contribution in [-0.2, 0) is 9.59 Å². The number of hydrogen-bond donors (Lipinski definition) is 2. The fourth-order valence-electron chi connectivity index (χ4n) is 2.15. The van der Waals surface area contributed by atoms with Crippen LogP contribution in [0.2, 0.25) is 0 Å². The number of carboxylic acid groups (broad SMARTS) is 1. The Balaban J connectivity index is 1.99. The summed E-state index contributed by atoms with van der Waals surface area (Å²) in [5.74, 6) is -0.787. The molecule has 0 aromatic carbocycles. The molecular weight excluding hydrogens is 250 g/mol. The monoisotopic (exact) mass is 269 g/mol. The zero-order valence-corrected chi connectivity index (χ0v) is 10.8. The van der Waals surface area contributed by atoms with E-state index < -0.39 is 5.97 Å². The number of nitrogens with one attached hydrogen (secondary N) is 1. The second-order valence-electron chi connectivity index (χ2n) is 5.13. The number of carboxylic acids is 1. The molecular formula is C12H19N3O4. The first-order valence-corrected chi connectivity index (χ1v) is 6.58. The van der Waals surface area contributed by atoms with Crippen molar-refractivity contribution in [1.29, 1.82) is 0 Å². The fraction of sp³-hybridized carbons (Fsp3) is 0.750. The highest BCUT2D eigenvalue weighted by molar-refractivity contribution is 5.86. The summed E-state index contributed by atoms with van der Waals surface area (Å²) in [5, 5.41) is 11.6. The molecule has 7 heteroatoms. The Kier molecular flexibility index (Phi) is 4.24. The molecule has 0 aromatic heterocycles. The SMILES string of the molecule is O=C(O)CN(CC1CC1)C(=O)N1CCCNC(=O)C1. The van der Waals surface area contributed by atoms with E-state index in [9.17, 15) is 14.4 Å². The predicted octanol–water partition coefficient (Wildman–Crippen LogP) is -0.275. The average Bonchev–Trinajstić information content (AvgIpc) is 3.15. The smallest absolute Gasteiger partial charge is 0.323 e. The van der Waals surface area contributed by atoms with Crippen LogP contribution in [0.15, 0.2) is 0 Å². The summed E-state index contributed by atoms with van der Waals surface area (Å²) in [6.07, 6.45) is 2.79. The molecule has 0 aromatic rings. The molecule has 2 rings (SSSR count). The van der Waals surface area contributed by atoms with Crippen LogP contribution >= 0.6 is 0 Å². The van der Waals surface area contributed by atoms with Gasteiger partial charge in [0.05, 0.1) is 0 Å². The van der Waals surface area contributed by atoms with Crippen LogP contribution < -0.4 is 5.32 Å². The molecule has 0 spiro atoms. The molecule has 1 aliphatic heterocycles. The Bertz CT molecular complexity index is 381. The fourth-order valence-corrected chi connectivity index (χ4v) is 2.15. The highest BCUT2D eigenvalue weighted by Crippen LogP contribution is 2.30. The topological polar surface area (TPSA) is 89.9 Å². The van der Waals surface area contributed by atoms with Gasteiger partial charge in [-0.05, 0) is 25.2 Å². The Morgan fingerprint density at radius 1 is 1.42 bits per heavy atom. The minimum Gasteiger partial charge on any atom is -0.480 e. The van der Waals surface area contributed by atoms with Crippen molar-refractivity contribution in [3.63, 3.8) is 0 Å². The Morgan fingerprint density at radius 3 is 2.79 bits per heavy atom. The van der Waals surface area contributed by atoms with Crippen LogP contribution in [-0.4, -0.2) is 65.5 Å². The van der Waals surface area contributed by atoms with Gasteiger partial charge in [-0.25, -0.2) is 4.79 Å². The Morgan fingerprint density at radius 2 is 2.16 bits per heavy atom. The van der Waals surface area contributed by atoms with E-state index >= 15 is 0 Å². The van der Waals surface area contributed by atoms with E-state index in [-0.39, 0.29) is 25.0 Å². The molecule has 1 aliphatic carbocycles. The van der Waals surface area contributed by atoms with Gasteiger partial charge in [-0.3, -0.25) is 9.59 Å². The lowest BCUT2D eigenvalue weighted by Crippen LogP contribution is -2.48. The van der Waals surface area contributed by atoms with Crippen molar-refractivity contribution in [3.05, 3.63) is 0 Å². The van der Waals surface area contributed by atoms with Gasteiger partial charge in [0.25, 0.3) is 0 Å². The van der Waals surface area contributed by atoms with Gasteiger partial charge >= 0.3 is 12.0 Å². The largest absolute Gasteiger partial charge is 0.480 e. The number of hydrogen-bond acceptors (Lipinski definition) is 3. The lowest BCUT2D eigenvalue weighted by Gasteiger charge is -2.28. The van der Waals surface area contributed by atoms with Crippen LogP contribution in [0.4, 0.5) is 4.79 Å². The van der Waals surface area contributed by atoms with Gasteiger partial charge < -0.3 is 20.2 Å². The molecule has 1 saturated carbocycles. The first-order chi connectivity index (χ1) is 9.06. The molecule has 19 heavy (non-hydrogen) atoms. The molecule has 1 heterocycles. The Labute approximate surface area is 111 Å². The lowest BCUT2D eigenvalue weighted by atomic mass is 10.3. The number of carbonyl (C=O) groups excluding carboxylic acids is 2. The second kappa shape index (κ2) is 5.90. The summed E-state index contributed by atoms with van der Waals surface area (Å²) in [7, 11) is 0. The van der Waals surface area contributed by atoms with E-state index in [1.165, 1.54) is 9.80 Å². The molecule has 0 atom stereocenters. The molecule has 2 fully saturated rings. The third-order valence-corrected chi connectivity index (χ3v) is 3.30. The second-order valence-corrected chi connectivity index (χ2v) is 5.13. The maximum atomic E-state index is 12.3. The van der Waals surface area contributed by atoms with Crippen LogP contribution in [0.5, 0.6) is 0 Å². The lowest BCUT2D eigenvalue weighted by molar-refractivity contribution is -0.137. The highest BCUT2D eigenvalue weighted by Gasteiger charge is 2.31. The van der Waals surface area contributed by atoms with E-state index in [0.29, 0.717) is 32.0 Å². The van der Waals surface area contributed by atoms with Crippen molar-refractivity contribution in [2.24, 2.45) is 5.92 Å². The minimum absolute atomic E-state index is 0.0135. The molecule has 0 unspecified atom stereocenters. The van der Waals surface area contributed by atoms with E-state index in [1.807, 2.05) is 0 Å². The van der Waals surface area contributed by atoms with Gasteiger partial charge in [-0.15, -0.1) is 0 Å². The summed E-state index contributed by atoms with van der Waals surface area (Å²) in [4.78, 5) is 37.4. The summed E-state index contributed by atoms with van der Waals surface area (Å²) in [6, 6.07) is -0.341. The number of amides is 3. The van der Waals surface area contributed by atoms with Crippen molar-refractivity contribution >= 4 is 17.9 Å². The van der Waals surface area contributed by atoms with E-state index in [2.05, 4.69) is 5.32 Å². The number of nitrogens with zero attached hydrogens (tertiary/aromatic N) is 2. The van der Waals surface area contributed by atoms with E-state index in [0.717, 1.165) is 12.8 Å². The van der Waals surface area contributed by atoms with Crippen molar-refractivity contribution in [2.45, 2.75) is 19.3 Å². The van der Waals surface area contributed by atoms with Crippen LogP contribution in [0.1, 0.15) is 19.3 Å². The molecule has 106 valence electrons. The van der Waals surface area contributed by atoms with Crippen LogP contribution in [0, 0.1) is 5.92 Å². The molecule has 2 aliphatic rings. The summed E-state index contributed by atoms with van der Waals surface area (Å²) in [5.41, 5.74) is 0. The van der Waals surface area contributed by atoms with Gasteiger partial charge in [-0.1, -0.05) is 0 Å². The van der Waals surface area contributed by atoms with Crippen molar-refractivity contribution in [1.82, 2.24) is 15.1 Å². The van der Waals surface area contributed by atoms with E-state index in [1.54, 1.807) is 0 Å². The summed E-state index contributed by atoms with van der Waals surface area (Å²) in [6.45, 7) is 1.23. The number of aliphatic carboxylic acids is 1. The first kappa shape index (κ1) is 13.6. The zero-order valence-electron chi connectivity index (χ0n) is 10.8. The quantitative estimate of drug-likeness (QED) is 0.735. The standard InChI is InChI=1S/C12H19N3O4/c16-10-7-14(5-1-4-13-10)12(19)15(8-11(17)18)6-9-2-3-9/h9H,1-8H2,(H,13,16)(H,17,18). The first-order valence-electron chi connectivity index (χ1n) is 6.58. The maximum Gasteiger partial charge on any atom is 0.323 e. The third kappa shape index (κ3) is 4.11. The predicted molar refractivity (Wildman–Crippen MR) is 66.5 cm³/mol. The molecule has 0 radical (unpaired) electrons. The van der Waals surface area contributed by atoms with Gasteiger partial charge in [-0.2, -0.15) is 0 Å². The molecule has 7 nitrogen and oxygen atoms in total. The number of carbonyl (C=O) groups is 3. The minimum atomic E-state index is -1.02. The molecule has 3 amide bonds. The van der Waals surface area contributed by atoms with Gasteiger partial charge in [0.15, 0.2) is 0 Å². The van der Waals surface area contributed by atoms with Gasteiger partial charge in [0.1, 0.15) is 13.1 Å². The average molecular weight is 269 g/mol. The normalized spacial score (nSPS) is 19.6. The molecule has 1 saturated heterocycles. The van der Waals surface area contributed by atoms with Crippen molar-refractivity contribution < 1.29 is 19.5 Å². The maximum absolute atomic E-state index is 12.3. The third-order valence-electron chi connectivity index (χ3n) is 3.30. The van der Waals surface area contributed by atoms with Crippen LogP contribution in [0.25, 0.3) is 0 Å². The summed E-state index contributed by atoms with van der Waals surface area (Å²) < 4.78 is 0. The van der Waals surface area contributed by atoms with Crippen LogP contribution in [0.3, 0.4) is 0 Å². The highest BCUT2D eigenvalue weighted by atomic mass is 16.4. The van der Waals surface area contributed by atoms with Crippen molar-refractivity contribution in [2.75, 3.05) is 32.7 Å². The summed E-state index contributed by atoms with van der Waals surface area (Å²) >= 11 is 0. The van der Waals surface area contributed by atoms with E-state index in [4.69, 9.17) is 5.11 Å². The molecule has 2 N–H and O–H groups in total. The molecule has 0 bridgehead atoms. The Hall–Kier alpha value is -1.79. The number of urea groups is 1.